The second-order valence-corrected chi connectivity index (χ2v) is 8.97. The van der Waals surface area contributed by atoms with Crippen LogP contribution >= 0.6 is 0 Å². The first kappa shape index (κ1) is 26.7. The van der Waals surface area contributed by atoms with E-state index < -0.39 is 0 Å². The maximum Gasteiger partial charge on any atom is 0.187 e. The highest BCUT2D eigenvalue weighted by molar-refractivity contribution is 6.14. The Kier molecular flexibility index (Phi) is 9.66. The monoisotopic (exact) mass is 477 g/mol. The summed E-state index contributed by atoms with van der Waals surface area (Å²) in [7, 11) is 0. The molecule has 1 aliphatic rings. The van der Waals surface area contributed by atoms with Gasteiger partial charge in [0.25, 0.3) is 0 Å². The van der Waals surface area contributed by atoms with E-state index in [0.29, 0.717) is 37.3 Å². The van der Waals surface area contributed by atoms with Crippen LogP contribution in [0.15, 0.2) is 47.5 Å². The minimum Gasteiger partial charge on any atom is -0.508 e. The van der Waals surface area contributed by atoms with Crippen molar-refractivity contribution in [3.8, 4) is 11.5 Å². The zero-order chi connectivity index (χ0) is 25.4. The smallest absolute Gasteiger partial charge is 0.187 e. The van der Waals surface area contributed by atoms with Gasteiger partial charge in [0, 0.05) is 48.5 Å². The number of hydrogen-bond donors (Lipinski definition) is 3. The zero-order valence-electron chi connectivity index (χ0n) is 21.5. The van der Waals surface area contributed by atoms with Crippen molar-refractivity contribution >= 4 is 17.9 Å². The van der Waals surface area contributed by atoms with E-state index in [1.807, 2.05) is 36.4 Å². The summed E-state index contributed by atoms with van der Waals surface area (Å²) >= 11 is 0. The lowest BCUT2D eigenvalue weighted by Crippen LogP contribution is -2.32. The Morgan fingerprint density at radius 1 is 0.743 bits per heavy atom. The Bertz CT molecular complexity index is 999. The normalized spacial score (nSPS) is 16.7. The fourth-order valence-corrected chi connectivity index (χ4v) is 4.35. The first-order valence-electron chi connectivity index (χ1n) is 12.6. The number of phenolic OH excluding ortho intramolecular Hbond substituents is 2. The standard InChI is InChI=1S/C29H39N3O3/c1-5-31(6-2)19-25-15-21(9-11-27(25)33)13-23-17-30-18-24(29(23)35)14-22-10-12-28(34)26(16-22)20-32(7-3)8-4/h9-16,30,33-34H,5-8,17-20H2,1-4H3/b23-13-,24-14+. The number of aromatic hydroxyl groups is 2. The fraction of sp³-hybridized carbons (Fsp3) is 0.414. The molecule has 1 heterocycles. The van der Waals surface area contributed by atoms with Gasteiger partial charge in [0.2, 0.25) is 0 Å². The number of Topliss-reactive ketones (excluding diaryl/α,β-unsaturated/α-hetero) is 1. The average molecular weight is 478 g/mol. The lowest BCUT2D eigenvalue weighted by Gasteiger charge is -2.20. The minimum absolute atomic E-state index is 0.0282. The average Bonchev–Trinajstić information content (AvgIpc) is 2.86. The number of rotatable bonds is 10. The Balaban J connectivity index is 1.84. The number of hydrogen-bond acceptors (Lipinski definition) is 6. The number of carbonyl (C=O) groups is 1. The minimum atomic E-state index is 0.0282. The number of piperidine rings is 1. The van der Waals surface area contributed by atoms with Gasteiger partial charge in [0.1, 0.15) is 11.5 Å². The molecule has 0 amide bonds. The van der Waals surface area contributed by atoms with Crippen molar-refractivity contribution in [3.63, 3.8) is 0 Å². The van der Waals surface area contributed by atoms with Gasteiger partial charge in [0.05, 0.1) is 0 Å². The topological polar surface area (TPSA) is 76.0 Å². The van der Waals surface area contributed by atoms with Crippen LogP contribution in [-0.4, -0.2) is 65.1 Å². The number of nitrogens with one attached hydrogen (secondary N) is 1. The molecule has 0 unspecified atom stereocenters. The largest absolute Gasteiger partial charge is 0.508 e. The van der Waals surface area contributed by atoms with Gasteiger partial charge in [-0.1, -0.05) is 39.8 Å². The number of benzene rings is 2. The molecule has 0 atom stereocenters. The van der Waals surface area contributed by atoms with E-state index >= 15 is 0 Å². The van der Waals surface area contributed by atoms with Gasteiger partial charge in [0.15, 0.2) is 5.78 Å². The summed E-state index contributed by atoms with van der Waals surface area (Å²) in [6.45, 7) is 14.4. The predicted molar refractivity (Wildman–Crippen MR) is 143 cm³/mol. The van der Waals surface area contributed by atoms with Crippen molar-refractivity contribution < 1.29 is 15.0 Å². The van der Waals surface area contributed by atoms with Crippen molar-refractivity contribution in [2.45, 2.75) is 40.8 Å². The molecule has 3 N–H and O–H groups in total. The Labute approximate surface area is 209 Å². The SMILES string of the molecule is CCN(CC)Cc1cc(/C=C2/CNC/C(=C\c3ccc(O)c(CN(CC)CC)c3)C2=O)ccc1O. The molecular weight excluding hydrogens is 438 g/mol. The fourth-order valence-electron chi connectivity index (χ4n) is 4.35. The highest BCUT2D eigenvalue weighted by Gasteiger charge is 2.20. The summed E-state index contributed by atoms with van der Waals surface area (Å²) in [5.41, 5.74) is 4.93. The molecule has 2 aromatic carbocycles. The second-order valence-electron chi connectivity index (χ2n) is 8.97. The van der Waals surface area contributed by atoms with Crippen LogP contribution in [-0.2, 0) is 17.9 Å². The molecule has 6 nitrogen and oxygen atoms in total. The molecule has 0 saturated carbocycles. The molecule has 188 valence electrons. The van der Waals surface area contributed by atoms with Crippen molar-refractivity contribution in [2.75, 3.05) is 39.3 Å². The molecule has 0 bridgehead atoms. The van der Waals surface area contributed by atoms with Crippen molar-refractivity contribution in [1.29, 1.82) is 0 Å². The van der Waals surface area contributed by atoms with Crippen LogP contribution in [0.25, 0.3) is 12.2 Å². The maximum absolute atomic E-state index is 13.3. The summed E-state index contributed by atoms with van der Waals surface area (Å²) in [6, 6.07) is 11.0. The summed E-state index contributed by atoms with van der Waals surface area (Å²) in [6.07, 6.45) is 3.83. The van der Waals surface area contributed by atoms with Gasteiger partial charge in [-0.05, 0) is 73.7 Å². The molecule has 1 aliphatic heterocycles. The van der Waals surface area contributed by atoms with Crippen LogP contribution in [0.2, 0.25) is 0 Å². The third-order valence-electron chi connectivity index (χ3n) is 6.68. The summed E-state index contributed by atoms with van der Waals surface area (Å²) < 4.78 is 0. The van der Waals surface area contributed by atoms with Gasteiger partial charge in [-0.15, -0.1) is 0 Å². The number of ketones is 1. The van der Waals surface area contributed by atoms with Crippen LogP contribution in [0.4, 0.5) is 0 Å². The molecular formula is C29H39N3O3. The van der Waals surface area contributed by atoms with E-state index in [1.54, 1.807) is 12.1 Å². The second kappa shape index (κ2) is 12.7. The molecule has 0 aromatic heterocycles. The molecule has 3 rings (SSSR count). The quantitative estimate of drug-likeness (QED) is 0.440. The van der Waals surface area contributed by atoms with Gasteiger partial charge < -0.3 is 15.5 Å². The van der Waals surface area contributed by atoms with Gasteiger partial charge in [-0.25, -0.2) is 0 Å². The molecule has 1 fully saturated rings. The van der Waals surface area contributed by atoms with Crippen LogP contribution in [0.1, 0.15) is 49.9 Å². The Morgan fingerprint density at radius 2 is 1.14 bits per heavy atom. The van der Waals surface area contributed by atoms with Gasteiger partial charge in [-0.3, -0.25) is 14.6 Å². The van der Waals surface area contributed by atoms with E-state index in [9.17, 15) is 15.0 Å². The first-order chi connectivity index (χ1) is 16.9. The highest BCUT2D eigenvalue weighted by Crippen LogP contribution is 2.25. The summed E-state index contributed by atoms with van der Waals surface area (Å²) in [5.74, 6) is 0.585. The van der Waals surface area contributed by atoms with Crippen LogP contribution in [0.3, 0.4) is 0 Å². The predicted octanol–water partition coefficient (Wildman–Crippen LogP) is 4.42. The molecule has 35 heavy (non-hydrogen) atoms. The van der Waals surface area contributed by atoms with Gasteiger partial charge >= 0.3 is 0 Å². The number of nitrogens with zero attached hydrogens (tertiary/aromatic N) is 2. The van der Waals surface area contributed by atoms with E-state index in [-0.39, 0.29) is 17.3 Å². The Hall–Kier alpha value is -2.93. The lowest BCUT2D eigenvalue weighted by atomic mass is 9.95. The highest BCUT2D eigenvalue weighted by atomic mass is 16.3. The molecule has 1 saturated heterocycles. The number of phenols is 2. The van der Waals surface area contributed by atoms with Crippen LogP contribution < -0.4 is 5.32 Å². The summed E-state index contributed by atoms with van der Waals surface area (Å²) in [5, 5.41) is 24.0. The van der Waals surface area contributed by atoms with E-state index in [2.05, 4.69) is 42.8 Å². The third kappa shape index (κ3) is 7.04. The van der Waals surface area contributed by atoms with Crippen LogP contribution in [0.5, 0.6) is 11.5 Å². The van der Waals surface area contributed by atoms with Crippen LogP contribution in [0, 0.1) is 0 Å². The number of carbonyl (C=O) groups excluding carboxylic acids is 1. The van der Waals surface area contributed by atoms with E-state index in [1.165, 1.54) is 0 Å². The van der Waals surface area contributed by atoms with Crippen molar-refractivity contribution in [3.05, 3.63) is 69.8 Å². The van der Waals surface area contributed by atoms with Crippen molar-refractivity contribution in [1.82, 2.24) is 15.1 Å². The molecule has 0 radical (unpaired) electrons. The molecule has 6 heteroatoms. The Morgan fingerprint density at radius 3 is 1.51 bits per heavy atom. The molecule has 0 aliphatic carbocycles. The van der Waals surface area contributed by atoms with E-state index in [0.717, 1.165) is 48.4 Å². The van der Waals surface area contributed by atoms with Crippen molar-refractivity contribution in [2.24, 2.45) is 0 Å². The molecule has 0 spiro atoms. The zero-order valence-corrected chi connectivity index (χ0v) is 21.5. The van der Waals surface area contributed by atoms with E-state index in [4.69, 9.17) is 0 Å². The third-order valence-corrected chi connectivity index (χ3v) is 6.68. The van der Waals surface area contributed by atoms with Gasteiger partial charge in [-0.2, -0.15) is 0 Å². The lowest BCUT2D eigenvalue weighted by molar-refractivity contribution is -0.112. The maximum atomic E-state index is 13.3. The summed E-state index contributed by atoms with van der Waals surface area (Å²) in [4.78, 5) is 17.8. The first-order valence-corrected chi connectivity index (χ1v) is 12.6. The molecule has 2 aromatic rings.